The van der Waals surface area contributed by atoms with Crippen LogP contribution in [-0.2, 0) is 25.7 Å². The van der Waals surface area contributed by atoms with Crippen molar-refractivity contribution in [3.05, 3.63) is 94.0 Å². The van der Waals surface area contributed by atoms with E-state index in [9.17, 15) is 0 Å². The molecule has 252 valence electrons. The SMILES string of the molecule is CNC1CCc2cc(OC)c3cc2C1Cc1ccc(cc1)Oc1cc(ccc1OC)CC1c2c(cc(OC)c(OC)c2O3)CCC1NC. The molecule has 0 radical (unpaired) electrons. The van der Waals surface area contributed by atoms with Crippen molar-refractivity contribution in [3.63, 3.8) is 0 Å². The van der Waals surface area contributed by atoms with Crippen LogP contribution in [0.2, 0.25) is 0 Å². The number of methoxy groups -OCH3 is 4. The second-order valence-electron chi connectivity index (χ2n) is 13.0. The van der Waals surface area contributed by atoms with Crippen LogP contribution in [0.25, 0.3) is 0 Å². The first-order valence-corrected chi connectivity index (χ1v) is 16.9. The van der Waals surface area contributed by atoms with E-state index in [-0.39, 0.29) is 17.9 Å². The van der Waals surface area contributed by atoms with Gasteiger partial charge in [-0.3, -0.25) is 0 Å². The third kappa shape index (κ3) is 5.81. The summed E-state index contributed by atoms with van der Waals surface area (Å²) in [7, 11) is 10.9. The number of nitrogens with one attached hydrogen (secondary N) is 2. The number of ether oxygens (including phenoxy) is 6. The maximum Gasteiger partial charge on any atom is 0.204 e. The monoisotopic (exact) mass is 650 g/mol. The minimum atomic E-state index is 0.0676. The first-order valence-electron chi connectivity index (χ1n) is 16.9. The second kappa shape index (κ2) is 13.6. The molecule has 0 fully saturated rings. The van der Waals surface area contributed by atoms with Crippen molar-refractivity contribution >= 4 is 0 Å². The van der Waals surface area contributed by atoms with Crippen LogP contribution in [-0.4, -0.2) is 54.6 Å². The van der Waals surface area contributed by atoms with Crippen molar-refractivity contribution < 1.29 is 28.4 Å². The zero-order valence-electron chi connectivity index (χ0n) is 28.8. The number of hydrogen-bond acceptors (Lipinski definition) is 8. The number of likely N-dealkylation sites (N-methyl/N-ethyl adjacent to an activating group) is 2. The lowest BCUT2D eigenvalue weighted by Gasteiger charge is -2.36. The molecule has 0 amide bonds. The van der Waals surface area contributed by atoms with E-state index in [1.807, 2.05) is 13.1 Å². The molecule has 2 aliphatic carbocycles. The van der Waals surface area contributed by atoms with E-state index in [2.05, 4.69) is 72.3 Å². The first-order chi connectivity index (χ1) is 23.5. The number of rotatable bonds is 6. The fraction of sp³-hybridized carbons (Fsp3) is 0.400. The first kappa shape index (κ1) is 32.2. The van der Waals surface area contributed by atoms with Crippen LogP contribution in [0.5, 0.6) is 46.0 Å². The van der Waals surface area contributed by atoms with E-state index >= 15 is 0 Å². The fourth-order valence-electron chi connectivity index (χ4n) is 8.16. The molecule has 4 unspecified atom stereocenters. The smallest absolute Gasteiger partial charge is 0.204 e. The van der Waals surface area contributed by atoms with Gasteiger partial charge in [-0.2, -0.15) is 0 Å². The minimum Gasteiger partial charge on any atom is -0.493 e. The van der Waals surface area contributed by atoms with E-state index in [0.717, 1.165) is 55.4 Å². The molecule has 0 saturated carbocycles. The Morgan fingerprint density at radius 2 is 1.23 bits per heavy atom. The Bertz CT molecular complexity index is 1790. The minimum absolute atomic E-state index is 0.0676. The summed E-state index contributed by atoms with van der Waals surface area (Å²) >= 11 is 0. The Balaban J connectivity index is 1.48. The van der Waals surface area contributed by atoms with Gasteiger partial charge in [-0.05, 0) is 123 Å². The van der Waals surface area contributed by atoms with Crippen LogP contribution in [0.1, 0.15) is 58.1 Å². The average Bonchev–Trinajstić information content (AvgIpc) is 3.11. The molecule has 4 atom stereocenters. The zero-order valence-corrected chi connectivity index (χ0v) is 28.8. The molecule has 0 saturated heterocycles. The van der Waals surface area contributed by atoms with Crippen LogP contribution in [0.15, 0.2) is 60.7 Å². The van der Waals surface area contributed by atoms with Gasteiger partial charge in [0, 0.05) is 29.5 Å². The highest BCUT2D eigenvalue weighted by Crippen LogP contribution is 2.53. The van der Waals surface area contributed by atoms with Crippen LogP contribution < -0.4 is 39.1 Å². The summed E-state index contributed by atoms with van der Waals surface area (Å²) in [6.45, 7) is 0. The Morgan fingerprint density at radius 1 is 0.604 bits per heavy atom. The number of aryl methyl sites for hydroxylation is 2. The largest absolute Gasteiger partial charge is 0.493 e. The molecule has 2 N–H and O–H groups in total. The van der Waals surface area contributed by atoms with Crippen molar-refractivity contribution in [1.82, 2.24) is 10.6 Å². The van der Waals surface area contributed by atoms with Gasteiger partial charge in [0.05, 0.1) is 28.4 Å². The van der Waals surface area contributed by atoms with Crippen LogP contribution in [0, 0.1) is 0 Å². The predicted molar refractivity (Wildman–Crippen MR) is 187 cm³/mol. The second-order valence-corrected chi connectivity index (χ2v) is 13.0. The van der Waals surface area contributed by atoms with Gasteiger partial charge in [0.15, 0.2) is 34.5 Å². The molecule has 4 aromatic rings. The van der Waals surface area contributed by atoms with Crippen molar-refractivity contribution in [2.45, 2.75) is 62.4 Å². The summed E-state index contributed by atoms with van der Waals surface area (Å²) in [5, 5.41) is 7.23. The summed E-state index contributed by atoms with van der Waals surface area (Å²) in [6, 6.07) is 21.7. The molecule has 48 heavy (non-hydrogen) atoms. The van der Waals surface area contributed by atoms with Crippen LogP contribution >= 0.6 is 0 Å². The van der Waals surface area contributed by atoms with Crippen molar-refractivity contribution in [3.8, 4) is 46.0 Å². The predicted octanol–water partition coefficient (Wildman–Crippen LogP) is 7.34. The van der Waals surface area contributed by atoms with Crippen molar-refractivity contribution in [1.29, 1.82) is 0 Å². The molecular formula is C40H46N2O6. The highest BCUT2D eigenvalue weighted by atomic mass is 16.5. The number of hydrogen-bond donors (Lipinski definition) is 2. The van der Waals surface area contributed by atoms with E-state index < -0.39 is 0 Å². The molecule has 0 aromatic heterocycles. The lowest BCUT2D eigenvalue weighted by Crippen LogP contribution is -2.37. The summed E-state index contributed by atoms with van der Waals surface area (Å²) in [5.74, 6) is 5.76. The Hall–Kier alpha value is -4.40. The normalized spacial score (nSPS) is 21.1. The fourth-order valence-corrected chi connectivity index (χ4v) is 8.16. The van der Waals surface area contributed by atoms with Crippen LogP contribution in [0.4, 0.5) is 0 Å². The van der Waals surface area contributed by atoms with Gasteiger partial charge in [-0.25, -0.2) is 0 Å². The topological polar surface area (TPSA) is 79.4 Å². The molecular weight excluding hydrogens is 604 g/mol. The van der Waals surface area contributed by atoms with Gasteiger partial charge in [-0.1, -0.05) is 18.2 Å². The molecule has 2 aliphatic heterocycles. The lowest BCUT2D eigenvalue weighted by atomic mass is 9.75. The molecule has 4 aromatic carbocycles. The molecule has 8 rings (SSSR count). The third-order valence-electron chi connectivity index (χ3n) is 10.6. The van der Waals surface area contributed by atoms with Gasteiger partial charge in [0.2, 0.25) is 5.75 Å². The Morgan fingerprint density at radius 3 is 1.92 bits per heavy atom. The average molecular weight is 651 g/mol. The van der Waals surface area contributed by atoms with Crippen molar-refractivity contribution in [2.75, 3.05) is 42.5 Å². The van der Waals surface area contributed by atoms with Gasteiger partial charge in [0.1, 0.15) is 5.75 Å². The summed E-state index contributed by atoms with van der Waals surface area (Å²) < 4.78 is 37.4. The molecule has 8 heteroatoms. The quantitative estimate of drug-likeness (QED) is 0.225. The van der Waals surface area contributed by atoms with E-state index in [1.165, 1.54) is 22.3 Å². The summed E-state index contributed by atoms with van der Waals surface area (Å²) in [5.41, 5.74) is 7.26. The highest BCUT2D eigenvalue weighted by Gasteiger charge is 2.37. The Kier molecular flexibility index (Phi) is 9.12. The number of fused-ring (bicyclic) bond motifs is 2. The lowest BCUT2D eigenvalue weighted by molar-refractivity contribution is 0.317. The molecule has 4 aliphatic rings. The van der Waals surface area contributed by atoms with Gasteiger partial charge in [0.25, 0.3) is 0 Å². The van der Waals surface area contributed by atoms with E-state index in [1.54, 1.807) is 28.4 Å². The van der Waals surface area contributed by atoms with Crippen LogP contribution in [0.3, 0.4) is 0 Å². The molecule has 6 bridgehead atoms. The zero-order chi connectivity index (χ0) is 33.4. The third-order valence-corrected chi connectivity index (χ3v) is 10.6. The maximum atomic E-state index is 7.10. The van der Waals surface area contributed by atoms with E-state index in [4.69, 9.17) is 28.4 Å². The van der Waals surface area contributed by atoms with Gasteiger partial charge >= 0.3 is 0 Å². The Labute approximate surface area is 283 Å². The molecule has 2 heterocycles. The van der Waals surface area contributed by atoms with Crippen molar-refractivity contribution in [2.24, 2.45) is 0 Å². The molecule has 0 spiro atoms. The molecule has 8 nitrogen and oxygen atoms in total. The number of benzene rings is 4. The highest BCUT2D eigenvalue weighted by molar-refractivity contribution is 5.64. The maximum absolute atomic E-state index is 7.10. The summed E-state index contributed by atoms with van der Waals surface area (Å²) in [6.07, 6.45) is 5.48. The summed E-state index contributed by atoms with van der Waals surface area (Å²) in [4.78, 5) is 0. The standard InChI is InChI=1S/C40H46N2O6/c1-41-31-14-10-25-20-34(44-4)36-22-28(25)29(31)17-23-7-12-27(13-8-23)47-35-19-24(9-16-33(35)43-3)18-30-32(42-2)15-11-26-21-37(45-5)39(46-6)40(48-36)38(26)30/h7-9,12-13,16,19-22,29-32,41-42H,10-11,14-15,17-18H2,1-6H3. The van der Waals surface area contributed by atoms with Gasteiger partial charge < -0.3 is 39.1 Å². The van der Waals surface area contributed by atoms with Gasteiger partial charge in [-0.15, -0.1) is 0 Å². The van der Waals surface area contributed by atoms with E-state index in [0.29, 0.717) is 46.3 Å².